The third-order valence-electron chi connectivity index (χ3n) is 3.73. The molecule has 26 heavy (non-hydrogen) atoms. The fourth-order valence-corrected chi connectivity index (χ4v) is 2.84. The first kappa shape index (κ1) is 16.0. The van der Waals surface area contributed by atoms with Crippen molar-refractivity contribution in [3.05, 3.63) is 68.4 Å². The van der Waals surface area contributed by atoms with Gasteiger partial charge in [0.05, 0.1) is 16.0 Å². The summed E-state index contributed by atoms with van der Waals surface area (Å²) in [5, 5.41) is 14.8. The zero-order valence-corrected chi connectivity index (χ0v) is 13.4. The van der Waals surface area contributed by atoms with Crippen molar-refractivity contribution in [3.8, 4) is 5.69 Å². The summed E-state index contributed by atoms with van der Waals surface area (Å²) in [5.74, 6) is -0.0258. The number of hydrogen-bond acceptors (Lipinski definition) is 9. The number of aromatic nitrogens is 3. The molecule has 1 atom stereocenters. The molecule has 4 rings (SSSR count). The Morgan fingerprint density at radius 1 is 1.31 bits per heavy atom. The number of fused-ring (bicyclic) bond motifs is 4. The van der Waals surface area contributed by atoms with E-state index in [0.29, 0.717) is 0 Å². The maximum absolute atomic E-state index is 12.8. The van der Waals surface area contributed by atoms with Gasteiger partial charge in [-0.05, 0) is 18.2 Å². The van der Waals surface area contributed by atoms with Crippen molar-refractivity contribution in [1.29, 1.82) is 0 Å². The molecule has 12 heteroatoms. The Morgan fingerprint density at radius 3 is 2.85 bits per heavy atom. The van der Waals surface area contributed by atoms with E-state index in [2.05, 4.69) is 19.4 Å². The average molecular weight is 372 g/mol. The molecule has 0 N–H and O–H groups in total. The molecule has 0 bridgehead atoms. The topological polar surface area (TPSA) is 153 Å². The van der Waals surface area contributed by atoms with E-state index in [9.17, 15) is 23.7 Å². The molecule has 2 aromatic heterocycles. The summed E-state index contributed by atoms with van der Waals surface area (Å²) >= 11 is -2.96. The predicted octanol–water partition coefficient (Wildman–Crippen LogP) is 0.565. The van der Waals surface area contributed by atoms with Gasteiger partial charge in [-0.1, -0.05) is 5.16 Å². The van der Waals surface area contributed by atoms with Gasteiger partial charge in [-0.2, -0.15) is 0 Å². The van der Waals surface area contributed by atoms with Crippen LogP contribution in [-0.2, 0) is 15.6 Å². The molecule has 0 saturated carbocycles. The SMILES string of the molecule is O=c1c2cccnc2nc2n1-c1ccc([N+](=O)[O-])cc1C2=NOS(=O)[O-]. The van der Waals surface area contributed by atoms with Gasteiger partial charge in [0.1, 0.15) is 0 Å². The summed E-state index contributed by atoms with van der Waals surface area (Å²) in [4.78, 5) is 31.5. The Bertz CT molecular complexity index is 1200. The molecule has 1 unspecified atom stereocenters. The first-order valence-corrected chi connectivity index (χ1v) is 7.99. The molecule has 1 aliphatic rings. The lowest BCUT2D eigenvalue weighted by molar-refractivity contribution is -0.384. The average Bonchev–Trinajstić information content (AvgIpc) is 2.93. The van der Waals surface area contributed by atoms with Crippen LogP contribution in [0.25, 0.3) is 16.7 Å². The number of rotatable bonds is 3. The Morgan fingerprint density at radius 2 is 2.12 bits per heavy atom. The predicted molar refractivity (Wildman–Crippen MR) is 87.4 cm³/mol. The monoisotopic (exact) mass is 372 g/mol. The van der Waals surface area contributed by atoms with Crippen LogP contribution in [0, 0.1) is 10.1 Å². The zero-order valence-electron chi connectivity index (χ0n) is 12.6. The third-order valence-corrected chi connectivity index (χ3v) is 3.93. The molecular weight excluding hydrogens is 366 g/mol. The van der Waals surface area contributed by atoms with Gasteiger partial charge in [0.15, 0.2) is 28.5 Å². The Balaban J connectivity index is 2.08. The summed E-state index contributed by atoms with van der Waals surface area (Å²) in [6.07, 6.45) is 1.44. The number of oxime groups is 1. The van der Waals surface area contributed by atoms with Crippen LogP contribution in [-0.4, -0.2) is 33.9 Å². The van der Waals surface area contributed by atoms with Crippen molar-refractivity contribution in [1.82, 2.24) is 14.5 Å². The number of hydrogen-bond donors (Lipinski definition) is 0. The van der Waals surface area contributed by atoms with Crippen LogP contribution >= 0.6 is 0 Å². The van der Waals surface area contributed by atoms with E-state index in [-0.39, 0.29) is 39.5 Å². The van der Waals surface area contributed by atoms with Gasteiger partial charge in [0.2, 0.25) is 0 Å². The number of non-ortho nitro benzene ring substituents is 1. The molecule has 3 heterocycles. The second kappa shape index (κ2) is 5.79. The summed E-state index contributed by atoms with van der Waals surface area (Å²) in [6, 6.07) is 6.85. The van der Waals surface area contributed by atoms with E-state index in [4.69, 9.17) is 0 Å². The molecular formula is C14H6N5O6S-. The zero-order chi connectivity index (χ0) is 18.4. The van der Waals surface area contributed by atoms with Crippen molar-refractivity contribution < 1.29 is 18.0 Å². The van der Waals surface area contributed by atoms with Crippen LogP contribution < -0.4 is 5.56 Å². The number of benzene rings is 1. The van der Waals surface area contributed by atoms with Gasteiger partial charge in [-0.3, -0.25) is 19.5 Å². The van der Waals surface area contributed by atoms with Gasteiger partial charge in [0, 0.05) is 23.9 Å². The fourth-order valence-electron chi connectivity index (χ4n) is 2.70. The van der Waals surface area contributed by atoms with Crippen molar-refractivity contribution in [2.45, 2.75) is 0 Å². The van der Waals surface area contributed by atoms with Crippen LogP contribution in [0.2, 0.25) is 0 Å². The lowest BCUT2D eigenvalue weighted by atomic mass is 10.1. The summed E-state index contributed by atoms with van der Waals surface area (Å²) in [5.41, 5.74) is -0.318. The maximum atomic E-state index is 12.8. The number of nitro groups is 1. The molecule has 0 aliphatic carbocycles. The standard InChI is InChI=1S/C14H7N5O6S/c20-14-8-2-1-5-15-12(8)16-13-11(17-25-26(23)24)9-6-7(19(21)22)3-4-10(9)18(13)14/h1-6H,(H,23,24)/p-1. The van der Waals surface area contributed by atoms with Crippen LogP contribution in [0.4, 0.5) is 5.69 Å². The van der Waals surface area contributed by atoms with Crippen molar-refractivity contribution in [2.75, 3.05) is 0 Å². The lowest BCUT2D eigenvalue weighted by Crippen LogP contribution is -2.22. The molecule has 1 aromatic carbocycles. The van der Waals surface area contributed by atoms with Gasteiger partial charge >= 0.3 is 0 Å². The minimum absolute atomic E-state index is 0.0258. The van der Waals surface area contributed by atoms with E-state index in [1.165, 1.54) is 29.0 Å². The number of nitrogens with zero attached hydrogens (tertiary/aromatic N) is 5. The largest absolute Gasteiger partial charge is 0.738 e. The normalized spacial score (nSPS) is 14.9. The van der Waals surface area contributed by atoms with Crippen LogP contribution in [0.1, 0.15) is 11.4 Å². The molecule has 11 nitrogen and oxygen atoms in total. The van der Waals surface area contributed by atoms with Gasteiger partial charge in [0.25, 0.3) is 11.2 Å². The molecule has 0 radical (unpaired) electrons. The molecule has 0 amide bonds. The first-order chi connectivity index (χ1) is 12.5. The molecule has 3 aromatic rings. The molecule has 130 valence electrons. The van der Waals surface area contributed by atoms with E-state index in [1.54, 1.807) is 6.07 Å². The minimum atomic E-state index is -2.96. The van der Waals surface area contributed by atoms with E-state index in [0.717, 1.165) is 6.07 Å². The fraction of sp³-hybridized carbons (Fsp3) is 0. The van der Waals surface area contributed by atoms with Crippen molar-refractivity contribution in [3.63, 3.8) is 0 Å². The van der Waals surface area contributed by atoms with Crippen LogP contribution in [0.5, 0.6) is 0 Å². The summed E-state index contributed by atoms with van der Waals surface area (Å²) in [7, 11) is 0. The molecule has 0 fully saturated rings. The third kappa shape index (κ3) is 2.35. The van der Waals surface area contributed by atoms with Crippen molar-refractivity contribution >= 4 is 33.8 Å². The second-order valence-corrected chi connectivity index (χ2v) is 5.68. The van der Waals surface area contributed by atoms with Crippen molar-refractivity contribution in [2.24, 2.45) is 5.16 Å². The van der Waals surface area contributed by atoms with E-state index < -0.39 is 21.8 Å². The van der Waals surface area contributed by atoms with Gasteiger partial charge < -0.3 is 8.84 Å². The summed E-state index contributed by atoms with van der Waals surface area (Å²) < 4.78 is 26.8. The highest BCUT2D eigenvalue weighted by Gasteiger charge is 2.31. The van der Waals surface area contributed by atoms with E-state index in [1.807, 2.05) is 0 Å². The lowest BCUT2D eigenvalue weighted by Gasteiger charge is -2.05. The smallest absolute Gasteiger partial charge is 0.270 e. The number of pyridine rings is 1. The molecule has 0 spiro atoms. The minimum Gasteiger partial charge on any atom is -0.738 e. The highest BCUT2D eigenvalue weighted by molar-refractivity contribution is 7.74. The molecule has 1 aliphatic heterocycles. The van der Waals surface area contributed by atoms with Crippen LogP contribution in [0.3, 0.4) is 0 Å². The Kier molecular flexibility index (Phi) is 3.56. The highest BCUT2D eigenvalue weighted by atomic mass is 32.2. The van der Waals surface area contributed by atoms with E-state index >= 15 is 0 Å². The Labute approximate surface area is 146 Å². The Hall–Kier alpha value is -3.51. The molecule has 0 saturated heterocycles. The quantitative estimate of drug-likeness (QED) is 0.287. The summed E-state index contributed by atoms with van der Waals surface area (Å²) in [6.45, 7) is 0. The number of nitro benzene ring substituents is 1. The van der Waals surface area contributed by atoms with Gasteiger partial charge in [-0.15, -0.1) is 0 Å². The highest BCUT2D eigenvalue weighted by Crippen LogP contribution is 2.30. The first-order valence-electron chi connectivity index (χ1n) is 6.99. The van der Waals surface area contributed by atoms with Crippen LogP contribution in [0.15, 0.2) is 46.5 Å². The van der Waals surface area contributed by atoms with Gasteiger partial charge in [-0.25, -0.2) is 14.2 Å². The maximum Gasteiger partial charge on any atom is 0.270 e. The second-order valence-electron chi connectivity index (χ2n) is 5.13.